The summed E-state index contributed by atoms with van der Waals surface area (Å²) in [5.41, 5.74) is -0.796. The molecule has 74 valence electrons. The van der Waals surface area contributed by atoms with Crippen LogP contribution < -0.4 is 0 Å². The van der Waals surface area contributed by atoms with Gasteiger partial charge in [-0.15, -0.1) is 0 Å². The monoisotopic (exact) mass is 225 g/mol. The molecule has 1 amide bonds. The topological polar surface area (TPSA) is 46.6 Å². The first kappa shape index (κ1) is 10.6. The predicted molar refractivity (Wildman–Crippen MR) is 48.2 cm³/mol. The van der Waals surface area contributed by atoms with Crippen LogP contribution in [0, 0.1) is 0 Å². The minimum Gasteiger partial charge on any atom is -0.450 e. The van der Waals surface area contributed by atoms with E-state index in [1.165, 1.54) is 4.90 Å². The molecule has 13 heavy (non-hydrogen) atoms. The lowest BCUT2D eigenvalue weighted by Gasteiger charge is -2.29. The van der Waals surface area contributed by atoms with Crippen LogP contribution in [0.2, 0.25) is 0 Å². The van der Waals surface area contributed by atoms with E-state index in [1.54, 1.807) is 0 Å². The van der Waals surface area contributed by atoms with E-state index in [4.69, 9.17) is 27.9 Å². The fraction of sp³-hybridized carbons (Fsp3) is 0.714. The Bertz CT molecular complexity index is 214. The van der Waals surface area contributed by atoms with Crippen LogP contribution >= 0.6 is 23.2 Å². The van der Waals surface area contributed by atoms with Crippen LogP contribution in [0.3, 0.4) is 0 Å². The Balaban J connectivity index is 2.30. The minimum absolute atomic E-state index is 0.183. The maximum Gasteiger partial charge on any atom is 0.404 e. The minimum atomic E-state index is -0.796. The zero-order valence-electron chi connectivity index (χ0n) is 6.83. The van der Waals surface area contributed by atoms with Gasteiger partial charge in [0.05, 0.1) is 0 Å². The lowest BCUT2D eigenvalue weighted by atomic mass is 10.1. The van der Waals surface area contributed by atoms with E-state index in [0.29, 0.717) is 25.9 Å². The van der Waals surface area contributed by atoms with Gasteiger partial charge in [0.1, 0.15) is 6.10 Å². The average molecular weight is 226 g/mol. The molecule has 0 bridgehead atoms. The molecule has 0 saturated carbocycles. The molecule has 1 heterocycles. The number of carbonyl (C=O) groups is 2. The van der Waals surface area contributed by atoms with E-state index in [-0.39, 0.29) is 6.10 Å². The molecule has 0 aliphatic carbocycles. The molecule has 0 N–H and O–H groups in total. The Morgan fingerprint density at radius 2 is 1.77 bits per heavy atom. The van der Waals surface area contributed by atoms with Crippen molar-refractivity contribution in [1.29, 1.82) is 0 Å². The summed E-state index contributed by atoms with van der Waals surface area (Å²) >= 11 is 10.3. The van der Waals surface area contributed by atoms with Gasteiger partial charge in [0.2, 0.25) is 0 Å². The summed E-state index contributed by atoms with van der Waals surface area (Å²) in [6.45, 7) is 1.02. The van der Waals surface area contributed by atoms with Gasteiger partial charge in [-0.05, 0) is 11.6 Å². The molecule has 0 aromatic carbocycles. The van der Waals surface area contributed by atoms with Crippen LogP contribution in [-0.2, 0) is 4.74 Å². The van der Waals surface area contributed by atoms with Crippen molar-refractivity contribution in [2.45, 2.75) is 18.9 Å². The van der Waals surface area contributed by atoms with Gasteiger partial charge in [-0.1, -0.05) is 0 Å². The van der Waals surface area contributed by atoms with Gasteiger partial charge in [0, 0.05) is 37.5 Å². The molecule has 0 radical (unpaired) electrons. The zero-order valence-corrected chi connectivity index (χ0v) is 8.35. The SMILES string of the molecule is O=C(Cl)OC1CCN(C(=O)Cl)CC1. The Morgan fingerprint density at radius 1 is 1.23 bits per heavy atom. The van der Waals surface area contributed by atoms with Gasteiger partial charge in [0.25, 0.3) is 0 Å². The Hall–Kier alpha value is -0.480. The number of nitrogens with zero attached hydrogens (tertiary/aromatic N) is 1. The molecule has 1 rings (SSSR count). The summed E-state index contributed by atoms with van der Waals surface area (Å²) < 4.78 is 4.76. The van der Waals surface area contributed by atoms with E-state index < -0.39 is 10.8 Å². The van der Waals surface area contributed by atoms with Crippen LogP contribution in [0.1, 0.15) is 12.8 Å². The molecule has 4 nitrogen and oxygen atoms in total. The van der Waals surface area contributed by atoms with Crippen molar-refractivity contribution >= 4 is 34.0 Å². The number of hydrogen-bond acceptors (Lipinski definition) is 3. The predicted octanol–water partition coefficient (Wildman–Crippen LogP) is 2.18. The number of amides is 1. The summed E-state index contributed by atoms with van der Waals surface area (Å²) in [6.07, 6.45) is 1.01. The first-order valence-electron chi connectivity index (χ1n) is 3.90. The van der Waals surface area contributed by atoms with Crippen LogP contribution in [0.4, 0.5) is 9.59 Å². The number of hydrogen-bond donors (Lipinski definition) is 0. The van der Waals surface area contributed by atoms with Gasteiger partial charge in [-0.25, -0.2) is 4.79 Å². The lowest BCUT2D eigenvalue weighted by Crippen LogP contribution is -2.38. The van der Waals surface area contributed by atoms with E-state index in [9.17, 15) is 9.59 Å². The van der Waals surface area contributed by atoms with Crippen LogP contribution in [0.15, 0.2) is 0 Å². The Morgan fingerprint density at radius 3 is 2.15 bits per heavy atom. The lowest BCUT2D eigenvalue weighted by molar-refractivity contribution is 0.0779. The van der Waals surface area contributed by atoms with Crippen LogP contribution in [0.25, 0.3) is 0 Å². The van der Waals surface area contributed by atoms with Crippen molar-refractivity contribution in [2.24, 2.45) is 0 Å². The highest BCUT2D eigenvalue weighted by Crippen LogP contribution is 2.15. The number of piperidine rings is 1. The molecule has 1 aliphatic heterocycles. The van der Waals surface area contributed by atoms with Crippen molar-refractivity contribution in [3.63, 3.8) is 0 Å². The third kappa shape index (κ3) is 3.40. The summed E-state index contributed by atoms with van der Waals surface area (Å²) in [6, 6.07) is 0. The van der Waals surface area contributed by atoms with Crippen LogP contribution in [-0.4, -0.2) is 34.9 Å². The van der Waals surface area contributed by atoms with Crippen molar-refractivity contribution in [3.8, 4) is 0 Å². The summed E-state index contributed by atoms with van der Waals surface area (Å²) in [7, 11) is 0. The normalized spacial score (nSPS) is 18.5. The summed E-state index contributed by atoms with van der Waals surface area (Å²) in [4.78, 5) is 22.5. The van der Waals surface area contributed by atoms with Crippen molar-refractivity contribution in [2.75, 3.05) is 13.1 Å². The van der Waals surface area contributed by atoms with Gasteiger partial charge in [-0.3, -0.25) is 4.79 Å². The summed E-state index contributed by atoms with van der Waals surface area (Å²) in [5, 5.41) is -0.462. The molecular formula is C7H9Cl2NO3. The quantitative estimate of drug-likeness (QED) is 0.508. The number of carbonyl (C=O) groups excluding carboxylic acids is 2. The molecule has 1 aliphatic rings. The number of halogens is 2. The molecule has 0 spiro atoms. The zero-order chi connectivity index (χ0) is 9.84. The largest absolute Gasteiger partial charge is 0.450 e. The van der Waals surface area contributed by atoms with Gasteiger partial charge >= 0.3 is 10.8 Å². The van der Waals surface area contributed by atoms with Crippen molar-refractivity contribution in [3.05, 3.63) is 0 Å². The number of ether oxygens (including phenoxy) is 1. The molecule has 6 heteroatoms. The highest BCUT2D eigenvalue weighted by atomic mass is 35.5. The molecule has 1 fully saturated rings. The second-order valence-electron chi connectivity index (χ2n) is 2.79. The molecule has 0 aromatic rings. The van der Waals surface area contributed by atoms with Crippen molar-refractivity contribution < 1.29 is 14.3 Å². The Labute approximate surface area is 85.7 Å². The van der Waals surface area contributed by atoms with E-state index in [1.807, 2.05) is 0 Å². The third-order valence-corrected chi connectivity index (χ3v) is 2.28. The van der Waals surface area contributed by atoms with E-state index in [0.717, 1.165) is 0 Å². The molecule has 0 atom stereocenters. The maximum absolute atomic E-state index is 10.7. The molecular weight excluding hydrogens is 217 g/mol. The smallest absolute Gasteiger partial charge is 0.404 e. The summed E-state index contributed by atoms with van der Waals surface area (Å²) in [5.74, 6) is 0. The first-order chi connectivity index (χ1) is 6.09. The first-order valence-corrected chi connectivity index (χ1v) is 4.65. The highest BCUT2D eigenvalue weighted by Gasteiger charge is 2.23. The average Bonchev–Trinajstić information content (AvgIpc) is 2.04. The van der Waals surface area contributed by atoms with E-state index in [2.05, 4.69) is 0 Å². The standard InChI is InChI=1S/C7H9Cl2NO3/c8-6(11)10-3-1-5(2-4-10)13-7(9)12/h5H,1-4H2. The highest BCUT2D eigenvalue weighted by molar-refractivity contribution is 6.62. The van der Waals surface area contributed by atoms with E-state index >= 15 is 0 Å². The number of likely N-dealkylation sites (tertiary alicyclic amines) is 1. The van der Waals surface area contributed by atoms with Crippen molar-refractivity contribution in [1.82, 2.24) is 4.90 Å². The Kier molecular flexibility index (Phi) is 3.81. The maximum atomic E-state index is 10.7. The van der Waals surface area contributed by atoms with Gasteiger partial charge in [-0.2, -0.15) is 0 Å². The molecule has 0 aromatic heterocycles. The molecule has 0 unspecified atom stereocenters. The second kappa shape index (κ2) is 4.67. The van der Waals surface area contributed by atoms with Crippen LogP contribution in [0.5, 0.6) is 0 Å². The fourth-order valence-electron chi connectivity index (χ4n) is 1.28. The van der Waals surface area contributed by atoms with Gasteiger partial charge < -0.3 is 9.64 Å². The second-order valence-corrected chi connectivity index (χ2v) is 3.43. The van der Waals surface area contributed by atoms with Gasteiger partial charge in [0.15, 0.2) is 0 Å². The molecule has 1 saturated heterocycles. The fourth-order valence-corrected chi connectivity index (χ4v) is 1.58. The third-order valence-electron chi connectivity index (χ3n) is 1.95. The number of rotatable bonds is 1.